The van der Waals surface area contributed by atoms with Crippen molar-refractivity contribution in [2.45, 2.75) is 12.8 Å². The molecular formula is C9H17N3O2S. The first kappa shape index (κ1) is 10.9. The molecule has 6 heteroatoms. The van der Waals surface area contributed by atoms with Crippen LogP contribution in [0.5, 0.6) is 0 Å². The van der Waals surface area contributed by atoms with Gasteiger partial charge in [-0.3, -0.25) is 4.79 Å². The maximum absolute atomic E-state index is 11.7. The van der Waals surface area contributed by atoms with E-state index in [1.54, 1.807) is 4.31 Å². The summed E-state index contributed by atoms with van der Waals surface area (Å²) in [5.74, 6) is 0.515. The molecule has 0 aromatic heterocycles. The molecular weight excluding hydrogens is 214 g/mol. The van der Waals surface area contributed by atoms with E-state index in [0.717, 1.165) is 12.8 Å². The summed E-state index contributed by atoms with van der Waals surface area (Å²) in [6, 6.07) is 0. The number of rotatable bonds is 2. The van der Waals surface area contributed by atoms with E-state index in [1.807, 2.05) is 4.90 Å². The Morgan fingerprint density at radius 2 is 1.80 bits per heavy atom. The van der Waals surface area contributed by atoms with E-state index >= 15 is 0 Å². The summed E-state index contributed by atoms with van der Waals surface area (Å²) in [7, 11) is -2.58. The van der Waals surface area contributed by atoms with Gasteiger partial charge in [0.2, 0.25) is 5.91 Å². The number of amides is 1. The van der Waals surface area contributed by atoms with Crippen LogP contribution in [0.1, 0.15) is 12.8 Å². The molecule has 1 atom stereocenters. The standard InChI is InChI=1S/C9H17N3O2S/c1-15(10,14)12-6-4-11(5-7-12)9(13)8-2-3-8/h8,10H,2-7H2,1H3. The minimum absolute atomic E-state index is 0.252. The zero-order valence-electron chi connectivity index (χ0n) is 8.94. The Kier molecular flexibility index (Phi) is 2.72. The molecule has 2 aliphatic rings. The minimum Gasteiger partial charge on any atom is -0.340 e. The Balaban J connectivity index is 1.89. The molecule has 0 bridgehead atoms. The van der Waals surface area contributed by atoms with Crippen molar-refractivity contribution in [1.29, 1.82) is 4.78 Å². The molecule has 1 aliphatic carbocycles. The van der Waals surface area contributed by atoms with Gasteiger partial charge in [0, 0.05) is 38.4 Å². The number of hydrogen-bond acceptors (Lipinski definition) is 3. The third-order valence-corrected chi connectivity index (χ3v) is 4.32. The average molecular weight is 231 g/mol. The molecule has 1 amide bonds. The van der Waals surface area contributed by atoms with E-state index in [4.69, 9.17) is 4.78 Å². The summed E-state index contributed by atoms with van der Waals surface area (Å²) < 4.78 is 20.6. The molecule has 0 spiro atoms. The smallest absolute Gasteiger partial charge is 0.225 e. The Morgan fingerprint density at radius 1 is 1.27 bits per heavy atom. The summed E-state index contributed by atoms with van der Waals surface area (Å²) >= 11 is 0. The number of carbonyl (C=O) groups excluding carboxylic acids is 1. The number of carbonyl (C=O) groups is 1. The predicted octanol–water partition coefficient (Wildman–Crippen LogP) is 0.132. The molecule has 2 rings (SSSR count). The summed E-state index contributed by atoms with van der Waals surface area (Å²) in [4.78, 5) is 13.6. The van der Waals surface area contributed by atoms with Crippen LogP contribution in [-0.2, 0) is 14.7 Å². The minimum atomic E-state index is -2.58. The molecule has 0 aromatic carbocycles. The molecule has 1 saturated heterocycles. The molecule has 2 fully saturated rings. The van der Waals surface area contributed by atoms with Gasteiger partial charge < -0.3 is 4.90 Å². The summed E-state index contributed by atoms with van der Waals surface area (Å²) in [5.41, 5.74) is 0. The first-order valence-electron chi connectivity index (χ1n) is 5.26. The Labute approximate surface area is 90.5 Å². The molecule has 15 heavy (non-hydrogen) atoms. The number of nitrogens with zero attached hydrogens (tertiary/aromatic N) is 2. The van der Waals surface area contributed by atoms with Gasteiger partial charge >= 0.3 is 0 Å². The lowest BCUT2D eigenvalue weighted by Crippen LogP contribution is -2.50. The van der Waals surface area contributed by atoms with Crippen LogP contribution in [0.3, 0.4) is 0 Å². The highest BCUT2D eigenvalue weighted by Gasteiger charge is 2.35. The van der Waals surface area contributed by atoms with Gasteiger partial charge in [-0.05, 0) is 12.8 Å². The van der Waals surface area contributed by atoms with Gasteiger partial charge in [-0.15, -0.1) is 0 Å². The van der Waals surface area contributed by atoms with Crippen LogP contribution in [0, 0.1) is 10.7 Å². The van der Waals surface area contributed by atoms with Crippen LogP contribution in [0.15, 0.2) is 0 Å². The number of nitrogens with one attached hydrogen (secondary N) is 1. The largest absolute Gasteiger partial charge is 0.340 e. The maximum Gasteiger partial charge on any atom is 0.225 e. The van der Waals surface area contributed by atoms with Gasteiger partial charge in [-0.25, -0.2) is 13.3 Å². The monoisotopic (exact) mass is 231 g/mol. The van der Waals surface area contributed by atoms with Gasteiger partial charge in [-0.2, -0.15) is 0 Å². The van der Waals surface area contributed by atoms with Gasteiger partial charge in [-0.1, -0.05) is 0 Å². The predicted molar refractivity (Wildman–Crippen MR) is 57.7 cm³/mol. The second kappa shape index (κ2) is 3.75. The van der Waals surface area contributed by atoms with Crippen molar-refractivity contribution in [3.05, 3.63) is 0 Å². The van der Waals surface area contributed by atoms with Crippen LogP contribution >= 0.6 is 0 Å². The summed E-state index contributed by atoms with van der Waals surface area (Å²) in [5, 5.41) is 0. The van der Waals surface area contributed by atoms with Gasteiger partial charge in [0.1, 0.15) is 9.92 Å². The number of piperazine rings is 1. The average Bonchev–Trinajstić information content (AvgIpc) is 2.99. The summed E-state index contributed by atoms with van der Waals surface area (Å²) in [6.07, 6.45) is 3.50. The van der Waals surface area contributed by atoms with E-state index in [0.29, 0.717) is 26.2 Å². The van der Waals surface area contributed by atoms with Crippen LogP contribution in [0.4, 0.5) is 0 Å². The molecule has 0 aromatic rings. The highest BCUT2D eigenvalue weighted by atomic mass is 32.2. The SMILES string of the molecule is CS(=N)(=O)N1CCN(C(=O)C2CC2)CC1. The van der Waals surface area contributed by atoms with Crippen LogP contribution in [0.2, 0.25) is 0 Å². The maximum atomic E-state index is 11.7. The highest BCUT2D eigenvalue weighted by molar-refractivity contribution is 7.89. The fourth-order valence-corrected chi connectivity index (χ4v) is 2.71. The lowest BCUT2D eigenvalue weighted by atomic mass is 10.3. The van der Waals surface area contributed by atoms with Crippen LogP contribution in [0.25, 0.3) is 0 Å². The number of hydrogen-bond donors (Lipinski definition) is 1. The van der Waals surface area contributed by atoms with E-state index in [-0.39, 0.29) is 11.8 Å². The van der Waals surface area contributed by atoms with E-state index in [2.05, 4.69) is 0 Å². The molecule has 0 radical (unpaired) electrons. The fourth-order valence-electron chi connectivity index (χ4n) is 1.85. The Bertz CT molecular complexity index is 354. The van der Waals surface area contributed by atoms with Crippen LogP contribution in [-0.4, -0.2) is 51.8 Å². The van der Waals surface area contributed by atoms with Crippen molar-refractivity contribution >= 4 is 15.8 Å². The Hall–Kier alpha value is -0.620. The molecule has 1 N–H and O–H groups in total. The second-order valence-electron chi connectivity index (χ2n) is 4.33. The highest BCUT2D eigenvalue weighted by Crippen LogP contribution is 2.31. The second-order valence-corrected chi connectivity index (χ2v) is 6.45. The van der Waals surface area contributed by atoms with Crippen molar-refractivity contribution in [3.8, 4) is 0 Å². The van der Waals surface area contributed by atoms with Crippen molar-refractivity contribution in [3.63, 3.8) is 0 Å². The van der Waals surface area contributed by atoms with Gasteiger partial charge in [0.05, 0.1) is 0 Å². The van der Waals surface area contributed by atoms with Gasteiger partial charge in [0.15, 0.2) is 0 Å². The van der Waals surface area contributed by atoms with Crippen LogP contribution < -0.4 is 0 Å². The molecule has 1 saturated carbocycles. The third kappa shape index (κ3) is 2.49. The zero-order valence-corrected chi connectivity index (χ0v) is 9.76. The van der Waals surface area contributed by atoms with Crippen molar-refractivity contribution in [2.75, 3.05) is 32.4 Å². The van der Waals surface area contributed by atoms with E-state index in [9.17, 15) is 9.00 Å². The fraction of sp³-hybridized carbons (Fsp3) is 0.889. The third-order valence-electron chi connectivity index (χ3n) is 2.97. The molecule has 1 unspecified atom stereocenters. The molecule has 86 valence electrons. The van der Waals surface area contributed by atoms with Crippen molar-refractivity contribution in [2.24, 2.45) is 5.92 Å². The van der Waals surface area contributed by atoms with Crippen molar-refractivity contribution < 1.29 is 9.00 Å². The molecule has 1 heterocycles. The zero-order chi connectivity index (χ0) is 11.1. The molecule has 5 nitrogen and oxygen atoms in total. The first-order valence-corrected chi connectivity index (χ1v) is 7.18. The van der Waals surface area contributed by atoms with E-state index in [1.165, 1.54) is 6.26 Å². The quantitative estimate of drug-likeness (QED) is 0.734. The topological polar surface area (TPSA) is 64.5 Å². The normalized spacial score (nSPS) is 27.4. The van der Waals surface area contributed by atoms with Gasteiger partial charge in [0.25, 0.3) is 0 Å². The molecule has 1 aliphatic heterocycles. The van der Waals surface area contributed by atoms with E-state index < -0.39 is 9.92 Å². The lowest BCUT2D eigenvalue weighted by Gasteiger charge is -2.34. The van der Waals surface area contributed by atoms with Crippen molar-refractivity contribution in [1.82, 2.24) is 9.21 Å². The Morgan fingerprint density at radius 3 is 2.20 bits per heavy atom. The summed E-state index contributed by atoms with van der Waals surface area (Å²) in [6.45, 7) is 2.38. The lowest BCUT2D eigenvalue weighted by molar-refractivity contribution is -0.133. The first-order chi connectivity index (χ1) is 6.98.